The number of fused-ring (bicyclic) bond motifs is 1. The maximum atomic E-state index is 13.9. The van der Waals surface area contributed by atoms with E-state index in [4.69, 9.17) is 28.7 Å². The molecule has 342 valence electrons. The molecule has 14 nitrogen and oxygen atoms in total. The van der Waals surface area contributed by atoms with Crippen LogP contribution in [-0.2, 0) is 39.9 Å². The van der Waals surface area contributed by atoms with Crippen LogP contribution in [0.15, 0.2) is 84.4 Å². The molecule has 15 heteroatoms. The van der Waals surface area contributed by atoms with Crippen molar-refractivity contribution in [2.45, 2.75) is 59.2 Å². The van der Waals surface area contributed by atoms with Crippen molar-refractivity contribution in [2.75, 3.05) is 85.0 Å². The molecule has 64 heavy (non-hydrogen) atoms. The van der Waals surface area contributed by atoms with E-state index < -0.39 is 23.4 Å². The Balaban J connectivity index is 0.795. The largest absolute Gasteiger partial charge is 0.491 e. The molecule has 0 bridgehead atoms. The number of pyridine rings is 1. The second kappa shape index (κ2) is 23.5. The van der Waals surface area contributed by atoms with Gasteiger partial charge in [-0.05, 0) is 72.7 Å². The molecule has 5 aromatic rings. The summed E-state index contributed by atoms with van der Waals surface area (Å²) in [6, 6.07) is 24.9. The second-order valence-corrected chi connectivity index (χ2v) is 17.8. The Kier molecular flexibility index (Phi) is 17.6. The van der Waals surface area contributed by atoms with Crippen molar-refractivity contribution < 1.29 is 38.1 Å². The van der Waals surface area contributed by atoms with Crippen LogP contribution in [0.2, 0.25) is 0 Å². The smallest absolute Gasteiger partial charge is 0.246 e. The summed E-state index contributed by atoms with van der Waals surface area (Å²) >= 11 is 1.60. The molecule has 0 radical (unpaired) electrons. The molecular weight excluding hydrogens is 833 g/mol. The summed E-state index contributed by atoms with van der Waals surface area (Å²) in [6.45, 7) is 11.2. The first-order valence-electron chi connectivity index (χ1n) is 21.9. The summed E-state index contributed by atoms with van der Waals surface area (Å²) in [5.41, 5.74) is 8.32. The van der Waals surface area contributed by atoms with Gasteiger partial charge in [0.05, 0.1) is 73.5 Å². The number of anilines is 1. The highest BCUT2D eigenvalue weighted by atomic mass is 32.1. The Morgan fingerprint density at radius 3 is 2.12 bits per heavy atom. The van der Waals surface area contributed by atoms with Crippen molar-refractivity contribution >= 4 is 45.6 Å². The normalized spacial score (nSPS) is 14.4. The molecule has 1 fully saturated rings. The van der Waals surface area contributed by atoms with Gasteiger partial charge in [-0.2, -0.15) is 0 Å². The molecule has 6 rings (SSSR count). The third-order valence-electron chi connectivity index (χ3n) is 10.9. The third-order valence-corrected chi connectivity index (χ3v) is 11.8. The fourth-order valence-corrected chi connectivity index (χ4v) is 8.12. The first-order valence-corrected chi connectivity index (χ1v) is 22.7. The molecule has 2 N–H and O–H groups in total. The average molecular weight is 895 g/mol. The molecule has 0 spiro atoms. The van der Waals surface area contributed by atoms with Crippen LogP contribution in [0.25, 0.3) is 32.6 Å². The fraction of sp³-hybridized carbons (Fsp3) is 0.449. The van der Waals surface area contributed by atoms with E-state index in [-0.39, 0.29) is 31.6 Å². The van der Waals surface area contributed by atoms with Crippen LogP contribution in [0.3, 0.4) is 0 Å². The molecule has 3 amide bonds. The molecule has 0 saturated carbocycles. The van der Waals surface area contributed by atoms with Gasteiger partial charge in [0, 0.05) is 43.8 Å². The Morgan fingerprint density at radius 2 is 1.48 bits per heavy atom. The minimum absolute atomic E-state index is 0.201. The zero-order valence-corrected chi connectivity index (χ0v) is 38.7. The summed E-state index contributed by atoms with van der Waals surface area (Å²) in [5.74, 6) is -0.134. The minimum Gasteiger partial charge on any atom is -0.491 e. The molecule has 1 aliphatic rings. The quantitative estimate of drug-likeness (QED) is 0.0676. The number of benzene rings is 3. The molecular formula is C49H62N6O8S. The van der Waals surface area contributed by atoms with E-state index in [1.807, 2.05) is 95.8 Å². The number of rotatable bonds is 23. The lowest BCUT2D eigenvalue weighted by atomic mass is 9.85. The van der Waals surface area contributed by atoms with E-state index >= 15 is 0 Å². The predicted octanol–water partition coefficient (Wildman–Crippen LogP) is 6.68. The molecule has 1 saturated heterocycles. The molecule has 3 aromatic carbocycles. The van der Waals surface area contributed by atoms with Crippen LogP contribution in [0.4, 0.5) is 5.69 Å². The molecule has 0 aliphatic carbocycles. The van der Waals surface area contributed by atoms with Crippen molar-refractivity contribution in [3.63, 3.8) is 0 Å². The van der Waals surface area contributed by atoms with Crippen LogP contribution in [-0.4, -0.2) is 125 Å². The highest BCUT2D eigenvalue weighted by Crippen LogP contribution is 2.29. The van der Waals surface area contributed by atoms with Gasteiger partial charge in [0.25, 0.3) is 0 Å². The van der Waals surface area contributed by atoms with E-state index in [0.29, 0.717) is 65.6 Å². The van der Waals surface area contributed by atoms with Crippen molar-refractivity contribution in [1.29, 1.82) is 0 Å². The average Bonchev–Trinajstić information content (AvgIpc) is 3.96. The Morgan fingerprint density at radius 1 is 0.828 bits per heavy atom. The third kappa shape index (κ3) is 13.8. The van der Waals surface area contributed by atoms with Crippen LogP contribution in [0.5, 0.6) is 5.75 Å². The van der Waals surface area contributed by atoms with E-state index in [2.05, 4.69) is 50.8 Å². The number of aryl methyl sites for hydroxylation is 1. The van der Waals surface area contributed by atoms with Gasteiger partial charge in [0.15, 0.2) is 0 Å². The molecule has 1 unspecified atom stereocenters. The van der Waals surface area contributed by atoms with Crippen LogP contribution in [0, 0.1) is 12.3 Å². The lowest BCUT2D eigenvalue weighted by molar-refractivity contribution is -0.144. The Bertz CT molecular complexity index is 2280. The monoisotopic (exact) mass is 894 g/mol. The summed E-state index contributed by atoms with van der Waals surface area (Å²) in [4.78, 5) is 54.1. The number of thiazole rings is 1. The highest BCUT2D eigenvalue weighted by molar-refractivity contribution is 7.13. The molecule has 2 atom stereocenters. The van der Waals surface area contributed by atoms with E-state index in [1.165, 1.54) is 0 Å². The number of ether oxygens (including phenoxy) is 5. The predicted molar refractivity (Wildman–Crippen MR) is 251 cm³/mol. The van der Waals surface area contributed by atoms with E-state index in [9.17, 15) is 14.4 Å². The van der Waals surface area contributed by atoms with Crippen molar-refractivity contribution in [3.8, 4) is 27.4 Å². The highest BCUT2D eigenvalue weighted by Gasteiger charge is 2.41. The lowest BCUT2D eigenvalue weighted by Gasteiger charge is -2.35. The van der Waals surface area contributed by atoms with Crippen molar-refractivity contribution in [2.24, 2.45) is 5.41 Å². The Labute approximate surface area is 380 Å². The zero-order chi connectivity index (χ0) is 45.5. The van der Waals surface area contributed by atoms with E-state index in [0.717, 1.165) is 55.3 Å². The number of nitrogens with zero attached hydrogens (tertiary/aromatic N) is 4. The lowest BCUT2D eigenvalue weighted by Crippen LogP contribution is -2.58. The standard InChI is InChI=1S/C49H62N6O8S/c1-34-45(64-33-51-34)37-11-9-35(10-12-37)31-50-47(57)43-8-7-21-55(43)48(58)46(49(2,3)4)53-44(56)32-62-27-26-60-23-22-59-24-25-61-28-29-63-40-18-20-42-38(30-40)15-19-41(52-42)36-13-16-39(17-14-36)54(5)6/h9-20,30,33,43,46H,7-8,21-29,31-32H2,1-6H3,(H,50,57)(H,53,56)/t43-,46?/m0/s1. The van der Waals surface area contributed by atoms with Gasteiger partial charge >= 0.3 is 0 Å². The van der Waals surface area contributed by atoms with Gasteiger partial charge in [-0.3, -0.25) is 14.4 Å². The number of amides is 3. The maximum absolute atomic E-state index is 13.9. The van der Waals surface area contributed by atoms with Crippen LogP contribution < -0.4 is 20.3 Å². The minimum atomic E-state index is -0.834. The van der Waals surface area contributed by atoms with Crippen molar-refractivity contribution in [3.05, 3.63) is 95.6 Å². The number of likely N-dealkylation sites (tertiary alicyclic amines) is 1. The number of hydrogen-bond donors (Lipinski definition) is 2. The zero-order valence-electron chi connectivity index (χ0n) is 37.9. The van der Waals surface area contributed by atoms with Gasteiger partial charge in [-0.15, -0.1) is 11.3 Å². The van der Waals surface area contributed by atoms with Gasteiger partial charge < -0.3 is 44.1 Å². The van der Waals surface area contributed by atoms with Crippen molar-refractivity contribution in [1.82, 2.24) is 25.5 Å². The molecule has 3 heterocycles. The number of carbonyl (C=O) groups excluding carboxylic acids is 3. The van der Waals surface area contributed by atoms with Gasteiger partial charge in [-0.25, -0.2) is 9.97 Å². The molecule has 2 aromatic heterocycles. The summed E-state index contributed by atoms with van der Waals surface area (Å²) in [5, 5.41) is 6.88. The van der Waals surface area contributed by atoms with Crippen LogP contribution in [0.1, 0.15) is 44.9 Å². The SMILES string of the molecule is Cc1ncsc1-c1ccc(CNC(=O)[C@@H]2CCCN2C(=O)C(NC(=O)COCCOCCOCCOCCOc2ccc3nc(-c4ccc(N(C)C)cc4)ccc3c2)C(C)(C)C)cc1. The topological polar surface area (TPSA) is 154 Å². The maximum Gasteiger partial charge on any atom is 0.246 e. The fourth-order valence-electron chi connectivity index (χ4n) is 7.31. The summed E-state index contributed by atoms with van der Waals surface area (Å²) in [7, 11) is 4.05. The first-order chi connectivity index (χ1) is 30.9. The summed E-state index contributed by atoms with van der Waals surface area (Å²) < 4.78 is 28.3. The number of nitrogens with one attached hydrogen (secondary N) is 2. The second-order valence-electron chi connectivity index (χ2n) is 17.0. The van der Waals surface area contributed by atoms with Gasteiger partial charge in [0.2, 0.25) is 17.7 Å². The first kappa shape index (κ1) is 48.0. The molecule has 1 aliphatic heterocycles. The van der Waals surface area contributed by atoms with Gasteiger partial charge in [0.1, 0.15) is 31.0 Å². The van der Waals surface area contributed by atoms with Crippen LogP contribution >= 0.6 is 11.3 Å². The number of hydrogen-bond acceptors (Lipinski definition) is 12. The van der Waals surface area contributed by atoms with Gasteiger partial charge in [-0.1, -0.05) is 63.2 Å². The Hall–Kier alpha value is -5.45. The van der Waals surface area contributed by atoms with E-state index in [1.54, 1.807) is 16.2 Å². The number of carbonyl (C=O) groups is 3. The summed E-state index contributed by atoms with van der Waals surface area (Å²) in [6.07, 6.45) is 1.27. The number of aromatic nitrogens is 2.